The van der Waals surface area contributed by atoms with Crippen molar-refractivity contribution in [3.8, 4) is 0 Å². The first-order valence-corrected chi connectivity index (χ1v) is 7.11. The van der Waals surface area contributed by atoms with E-state index in [1.54, 1.807) is 17.0 Å². The molecule has 1 amide bonds. The highest BCUT2D eigenvalue weighted by molar-refractivity contribution is 5.96. The van der Waals surface area contributed by atoms with Crippen LogP contribution in [-0.4, -0.2) is 31.7 Å². The molecule has 1 atom stereocenters. The monoisotopic (exact) mass is 280 g/mol. The molecule has 4 nitrogen and oxygen atoms in total. The molecule has 0 aromatic heterocycles. The van der Waals surface area contributed by atoms with Crippen LogP contribution in [0.25, 0.3) is 0 Å². The van der Waals surface area contributed by atoms with Gasteiger partial charge >= 0.3 is 0 Å². The van der Waals surface area contributed by atoms with Crippen LogP contribution in [0.15, 0.2) is 24.3 Å². The summed E-state index contributed by atoms with van der Waals surface area (Å²) < 4.78 is 18.9. The molecular formula is C15H21FN2O2. The molecule has 0 aliphatic carbocycles. The number of rotatable bonds is 5. The molecule has 1 aliphatic heterocycles. The maximum absolute atomic E-state index is 13.4. The lowest BCUT2D eigenvalue weighted by molar-refractivity contribution is -0.132. The van der Waals surface area contributed by atoms with Crippen molar-refractivity contribution in [3.63, 3.8) is 0 Å². The summed E-state index contributed by atoms with van der Waals surface area (Å²) in [4.78, 5) is 14.1. The molecule has 20 heavy (non-hydrogen) atoms. The summed E-state index contributed by atoms with van der Waals surface area (Å²) in [5.41, 5.74) is 6.09. The van der Waals surface area contributed by atoms with E-state index in [9.17, 15) is 9.18 Å². The van der Waals surface area contributed by atoms with Crippen LogP contribution in [0.4, 0.5) is 10.1 Å². The highest BCUT2D eigenvalue weighted by Gasteiger charge is 2.27. The minimum absolute atomic E-state index is 0.0937. The number of amides is 1. The maximum atomic E-state index is 13.4. The lowest BCUT2D eigenvalue weighted by Gasteiger charge is -2.29. The van der Waals surface area contributed by atoms with E-state index in [4.69, 9.17) is 10.5 Å². The lowest BCUT2D eigenvalue weighted by Crippen LogP contribution is -2.43. The minimum atomic E-state index is -0.412. The van der Waals surface area contributed by atoms with Crippen molar-refractivity contribution < 1.29 is 13.9 Å². The Hall–Kier alpha value is -1.46. The number of carbonyl (C=O) groups is 1. The number of benzene rings is 1. The van der Waals surface area contributed by atoms with Gasteiger partial charge in [-0.25, -0.2) is 4.39 Å². The third kappa shape index (κ3) is 3.77. The highest BCUT2D eigenvalue weighted by Crippen LogP contribution is 2.21. The van der Waals surface area contributed by atoms with Crippen LogP contribution in [0.3, 0.4) is 0 Å². The van der Waals surface area contributed by atoms with Crippen molar-refractivity contribution >= 4 is 11.6 Å². The standard InChI is InChI=1S/C15H21FN2O2/c16-12-5-3-6-13(11-12)18(9-4-8-17)15(19)14-7-1-2-10-20-14/h3,5-6,11,14H,1-2,4,7-10,17H2. The third-order valence-electron chi connectivity index (χ3n) is 3.43. The first-order valence-electron chi connectivity index (χ1n) is 7.11. The molecule has 1 aromatic rings. The molecule has 1 unspecified atom stereocenters. The van der Waals surface area contributed by atoms with Crippen molar-refractivity contribution in [3.05, 3.63) is 30.1 Å². The number of hydrogen-bond acceptors (Lipinski definition) is 3. The molecule has 1 heterocycles. The van der Waals surface area contributed by atoms with Crippen LogP contribution in [0.1, 0.15) is 25.7 Å². The fourth-order valence-corrected chi connectivity index (χ4v) is 2.37. The second kappa shape index (κ2) is 7.36. The van der Waals surface area contributed by atoms with Crippen LogP contribution >= 0.6 is 0 Å². The predicted molar refractivity (Wildman–Crippen MR) is 76.0 cm³/mol. The number of nitrogens with two attached hydrogens (primary N) is 1. The molecule has 1 aromatic carbocycles. The van der Waals surface area contributed by atoms with Gasteiger partial charge in [-0.1, -0.05) is 6.07 Å². The third-order valence-corrected chi connectivity index (χ3v) is 3.43. The number of anilines is 1. The number of carbonyl (C=O) groups excluding carboxylic acids is 1. The first kappa shape index (κ1) is 14.9. The van der Waals surface area contributed by atoms with Gasteiger partial charge in [0.15, 0.2) is 0 Å². The van der Waals surface area contributed by atoms with E-state index in [0.29, 0.717) is 31.8 Å². The van der Waals surface area contributed by atoms with E-state index < -0.39 is 6.10 Å². The quantitative estimate of drug-likeness (QED) is 0.898. The van der Waals surface area contributed by atoms with Gasteiger partial charge < -0.3 is 15.4 Å². The zero-order chi connectivity index (χ0) is 14.4. The smallest absolute Gasteiger partial charge is 0.256 e. The number of hydrogen-bond donors (Lipinski definition) is 1. The summed E-state index contributed by atoms with van der Waals surface area (Å²) in [5.74, 6) is -0.443. The average molecular weight is 280 g/mol. The molecule has 5 heteroatoms. The summed E-state index contributed by atoms with van der Waals surface area (Å²) in [5, 5.41) is 0. The van der Waals surface area contributed by atoms with Crippen molar-refractivity contribution in [2.45, 2.75) is 31.8 Å². The normalized spacial score (nSPS) is 18.8. The average Bonchev–Trinajstić information content (AvgIpc) is 2.48. The van der Waals surface area contributed by atoms with Gasteiger partial charge in [-0.05, 0) is 50.4 Å². The Labute approximate surface area is 118 Å². The van der Waals surface area contributed by atoms with E-state index in [1.807, 2.05) is 0 Å². The van der Waals surface area contributed by atoms with Gasteiger partial charge in [0.2, 0.25) is 0 Å². The Bertz CT molecular complexity index is 447. The second-order valence-electron chi connectivity index (χ2n) is 4.97. The van der Waals surface area contributed by atoms with E-state index in [2.05, 4.69) is 0 Å². The Morgan fingerprint density at radius 1 is 1.45 bits per heavy atom. The van der Waals surface area contributed by atoms with Crippen LogP contribution < -0.4 is 10.6 Å². The van der Waals surface area contributed by atoms with Crippen molar-refractivity contribution in [1.82, 2.24) is 0 Å². The van der Waals surface area contributed by atoms with E-state index in [1.165, 1.54) is 12.1 Å². The summed E-state index contributed by atoms with van der Waals surface area (Å²) in [6.45, 7) is 1.59. The molecule has 0 radical (unpaired) electrons. The summed E-state index contributed by atoms with van der Waals surface area (Å²) in [6.07, 6.45) is 2.98. The van der Waals surface area contributed by atoms with Crippen LogP contribution in [0, 0.1) is 5.82 Å². The zero-order valence-corrected chi connectivity index (χ0v) is 11.6. The summed E-state index contributed by atoms with van der Waals surface area (Å²) >= 11 is 0. The molecule has 0 spiro atoms. The van der Waals surface area contributed by atoms with E-state index >= 15 is 0 Å². The molecule has 2 N–H and O–H groups in total. The SMILES string of the molecule is NCCCN(C(=O)C1CCCCO1)c1cccc(F)c1. The number of nitrogens with zero attached hydrogens (tertiary/aromatic N) is 1. The van der Waals surface area contributed by atoms with E-state index in [-0.39, 0.29) is 11.7 Å². The van der Waals surface area contributed by atoms with Crippen molar-refractivity contribution in [1.29, 1.82) is 0 Å². The molecule has 110 valence electrons. The fourth-order valence-electron chi connectivity index (χ4n) is 2.37. The zero-order valence-electron chi connectivity index (χ0n) is 11.6. The molecule has 1 fully saturated rings. The van der Waals surface area contributed by atoms with Gasteiger partial charge in [0.1, 0.15) is 11.9 Å². The van der Waals surface area contributed by atoms with Crippen LogP contribution in [0.5, 0.6) is 0 Å². The van der Waals surface area contributed by atoms with Gasteiger partial charge in [0.25, 0.3) is 5.91 Å². The Morgan fingerprint density at radius 3 is 2.95 bits per heavy atom. The summed E-state index contributed by atoms with van der Waals surface area (Å²) in [6, 6.07) is 6.08. The lowest BCUT2D eigenvalue weighted by atomic mass is 10.1. The minimum Gasteiger partial charge on any atom is -0.368 e. The second-order valence-corrected chi connectivity index (χ2v) is 4.97. The molecule has 0 saturated carbocycles. The molecule has 1 saturated heterocycles. The largest absolute Gasteiger partial charge is 0.368 e. The highest BCUT2D eigenvalue weighted by atomic mass is 19.1. The summed E-state index contributed by atoms with van der Waals surface area (Å²) in [7, 11) is 0. The molecule has 0 bridgehead atoms. The Morgan fingerprint density at radius 2 is 2.30 bits per heavy atom. The fraction of sp³-hybridized carbons (Fsp3) is 0.533. The van der Waals surface area contributed by atoms with Gasteiger partial charge in [0, 0.05) is 18.8 Å². The number of halogens is 1. The van der Waals surface area contributed by atoms with Gasteiger partial charge in [0.05, 0.1) is 0 Å². The van der Waals surface area contributed by atoms with Crippen molar-refractivity contribution in [2.75, 3.05) is 24.6 Å². The number of ether oxygens (including phenoxy) is 1. The topological polar surface area (TPSA) is 55.6 Å². The molecular weight excluding hydrogens is 259 g/mol. The van der Waals surface area contributed by atoms with Crippen LogP contribution in [0.2, 0.25) is 0 Å². The predicted octanol–water partition coefficient (Wildman–Crippen LogP) is 2.08. The Balaban J connectivity index is 2.15. The van der Waals surface area contributed by atoms with Gasteiger partial charge in [-0.3, -0.25) is 4.79 Å². The van der Waals surface area contributed by atoms with Crippen molar-refractivity contribution in [2.24, 2.45) is 5.73 Å². The van der Waals surface area contributed by atoms with Gasteiger partial charge in [-0.15, -0.1) is 0 Å². The van der Waals surface area contributed by atoms with Gasteiger partial charge in [-0.2, -0.15) is 0 Å². The van der Waals surface area contributed by atoms with E-state index in [0.717, 1.165) is 19.3 Å². The molecule has 1 aliphatic rings. The molecule has 2 rings (SSSR count). The maximum Gasteiger partial charge on any atom is 0.256 e. The Kier molecular flexibility index (Phi) is 5.49. The van der Waals surface area contributed by atoms with Crippen LogP contribution in [-0.2, 0) is 9.53 Å². The first-order chi connectivity index (χ1) is 9.72.